The predicted octanol–water partition coefficient (Wildman–Crippen LogP) is 3.73. The van der Waals surface area contributed by atoms with E-state index in [1.54, 1.807) is 22.8 Å². The average molecular weight is 415 g/mol. The van der Waals surface area contributed by atoms with Crippen LogP contribution in [0.4, 0.5) is 0 Å². The molecule has 134 valence electrons. The van der Waals surface area contributed by atoms with Gasteiger partial charge in [0, 0.05) is 33.9 Å². The van der Waals surface area contributed by atoms with Crippen LogP contribution in [0.15, 0.2) is 32.8 Å². The van der Waals surface area contributed by atoms with E-state index in [0.29, 0.717) is 27.7 Å². The minimum absolute atomic E-state index is 0.0574. The molecule has 0 unspecified atom stereocenters. The maximum absolute atomic E-state index is 13.0. The first-order chi connectivity index (χ1) is 12.0. The van der Waals surface area contributed by atoms with Crippen LogP contribution < -0.4 is 5.56 Å². The lowest BCUT2D eigenvalue weighted by molar-refractivity contribution is 0.598. The molecule has 3 aromatic rings. The van der Waals surface area contributed by atoms with E-state index in [0.717, 1.165) is 10.4 Å². The van der Waals surface area contributed by atoms with E-state index >= 15 is 0 Å². The molecule has 0 fully saturated rings. The van der Waals surface area contributed by atoms with E-state index < -0.39 is 9.84 Å². The van der Waals surface area contributed by atoms with Gasteiger partial charge in [-0.25, -0.2) is 13.4 Å². The van der Waals surface area contributed by atoms with E-state index in [1.807, 2.05) is 29.8 Å². The van der Waals surface area contributed by atoms with Gasteiger partial charge in [-0.3, -0.25) is 9.36 Å². The van der Waals surface area contributed by atoms with Gasteiger partial charge in [0.2, 0.25) is 0 Å². The fourth-order valence-electron chi connectivity index (χ4n) is 2.41. The van der Waals surface area contributed by atoms with E-state index in [1.165, 1.54) is 23.1 Å². The minimum atomic E-state index is -3.02. The Morgan fingerprint density at radius 3 is 2.72 bits per heavy atom. The van der Waals surface area contributed by atoms with Crippen LogP contribution in [0.1, 0.15) is 13.8 Å². The van der Waals surface area contributed by atoms with E-state index in [4.69, 9.17) is 0 Å². The van der Waals surface area contributed by atoms with Gasteiger partial charge in [-0.15, -0.1) is 22.7 Å². The molecule has 0 aliphatic carbocycles. The number of hydrogen-bond donors (Lipinski definition) is 0. The number of thioether (sulfide) groups is 1. The second-order valence-electron chi connectivity index (χ2n) is 5.34. The molecule has 25 heavy (non-hydrogen) atoms. The second kappa shape index (κ2) is 7.61. The Balaban J connectivity index is 2.00. The molecule has 9 heteroatoms. The number of hydrogen-bond acceptors (Lipinski definition) is 7. The van der Waals surface area contributed by atoms with Crippen molar-refractivity contribution in [2.24, 2.45) is 0 Å². The third kappa shape index (κ3) is 3.84. The summed E-state index contributed by atoms with van der Waals surface area (Å²) in [6.45, 7) is 4.05. The molecule has 0 spiro atoms. The van der Waals surface area contributed by atoms with Gasteiger partial charge in [-0.2, -0.15) is 0 Å². The van der Waals surface area contributed by atoms with E-state index in [9.17, 15) is 13.2 Å². The molecule has 5 nitrogen and oxygen atoms in total. The van der Waals surface area contributed by atoms with Crippen molar-refractivity contribution in [1.82, 2.24) is 9.55 Å². The summed E-state index contributed by atoms with van der Waals surface area (Å²) in [7, 11) is -3.02. The predicted molar refractivity (Wildman–Crippen MR) is 108 cm³/mol. The number of rotatable bonds is 7. The Morgan fingerprint density at radius 2 is 2.08 bits per heavy atom. The Bertz CT molecular complexity index is 1030. The van der Waals surface area contributed by atoms with Crippen LogP contribution in [-0.4, -0.2) is 35.2 Å². The quantitative estimate of drug-likeness (QED) is 0.435. The summed E-state index contributed by atoms with van der Waals surface area (Å²) in [5, 5.41) is 5.20. The summed E-state index contributed by atoms with van der Waals surface area (Å²) in [5.74, 6) is 0.629. The third-order valence-electron chi connectivity index (χ3n) is 3.83. The minimum Gasteiger partial charge on any atom is -0.287 e. The molecule has 0 atom stereocenters. The zero-order valence-corrected chi connectivity index (χ0v) is 17.2. The molecular formula is C16H18N2O3S4. The molecule has 0 radical (unpaired) electrons. The average Bonchev–Trinajstić information content (AvgIpc) is 3.24. The van der Waals surface area contributed by atoms with Crippen LogP contribution in [-0.2, 0) is 16.4 Å². The van der Waals surface area contributed by atoms with Crippen molar-refractivity contribution in [2.45, 2.75) is 25.5 Å². The number of thiophene rings is 2. The highest BCUT2D eigenvalue weighted by Crippen LogP contribution is 2.34. The maximum Gasteiger partial charge on any atom is 0.263 e. The van der Waals surface area contributed by atoms with Crippen LogP contribution in [0.5, 0.6) is 0 Å². The van der Waals surface area contributed by atoms with Crippen LogP contribution in [0.2, 0.25) is 0 Å². The summed E-state index contributed by atoms with van der Waals surface area (Å²) < 4.78 is 25.0. The molecular weight excluding hydrogens is 396 g/mol. The molecule has 0 aliphatic rings. The molecule has 3 aromatic heterocycles. The monoisotopic (exact) mass is 414 g/mol. The summed E-state index contributed by atoms with van der Waals surface area (Å²) in [6, 6.07) is 3.97. The summed E-state index contributed by atoms with van der Waals surface area (Å²) in [4.78, 5) is 19.4. The SMILES string of the molecule is CCn1c(SCCS(=O)(=O)CC)nc2scc(-c3cccs3)c2c1=O. The van der Waals surface area contributed by atoms with Gasteiger partial charge in [0.05, 0.1) is 11.1 Å². The molecule has 0 aromatic carbocycles. The fraction of sp³-hybridized carbons (Fsp3) is 0.375. The zero-order valence-electron chi connectivity index (χ0n) is 13.9. The molecule has 0 N–H and O–H groups in total. The smallest absolute Gasteiger partial charge is 0.263 e. The van der Waals surface area contributed by atoms with Crippen LogP contribution in [0.3, 0.4) is 0 Å². The Kier molecular flexibility index (Phi) is 5.67. The first-order valence-corrected chi connectivity index (χ1v) is 12.4. The van der Waals surface area contributed by atoms with Crippen molar-refractivity contribution in [1.29, 1.82) is 0 Å². The van der Waals surface area contributed by atoms with Crippen molar-refractivity contribution in [2.75, 3.05) is 17.3 Å². The molecule has 3 rings (SSSR count). The van der Waals surface area contributed by atoms with Gasteiger partial charge >= 0.3 is 0 Å². The number of sulfone groups is 1. The van der Waals surface area contributed by atoms with Gasteiger partial charge in [0.1, 0.15) is 4.83 Å². The highest BCUT2D eigenvalue weighted by molar-refractivity contribution is 8.00. The van der Waals surface area contributed by atoms with Crippen molar-refractivity contribution in [3.8, 4) is 10.4 Å². The van der Waals surface area contributed by atoms with Crippen molar-refractivity contribution >= 4 is 54.5 Å². The molecule has 0 amide bonds. The van der Waals surface area contributed by atoms with Crippen molar-refractivity contribution in [3.05, 3.63) is 33.2 Å². The number of aromatic nitrogens is 2. The highest BCUT2D eigenvalue weighted by Gasteiger charge is 2.17. The summed E-state index contributed by atoms with van der Waals surface area (Å²) >= 11 is 4.39. The molecule has 0 saturated carbocycles. The lowest BCUT2D eigenvalue weighted by Gasteiger charge is -2.10. The van der Waals surface area contributed by atoms with Gasteiger partial charge < -0.3 is 0 Å². The third-order valence-corrected chi connectivity index (χ3v) is 8.54. The largest absolute Gasteiger partial charge is 0.287 e. The lowest BCUT2D eigenvalue weighted by Crippen LogP contribution is -2.22. The maximum atomic E-state index is 13.0. The summed E-state index contributed by atoms with van der Waals surface area (Å²) in [5.41, 5.74) is 0.873. The van der Waals surface area contributed by atoms with E-state index in [2.05, 4.69) is 4.98 Å². The topological polar surface area (TPSA) is 69.0 Å². The van der Waals surface area contributed by atoms with Gasteiger partial charge in [0.15, 0.2) is 15.0 Å². The Morgan fingerprint density at radius 1 is 1.28 bits per heavy atom. The first-order valence-electron chi connectivity index (χ1n) is 7.86. The van der Waals surface area contributed by atoms with Crippen LogP contribution in [0.25, 0.3) is 20.7 Å². The standard InChI is InChI=1S/C16H18N2O3S4/c1-3-18-15(19)13-11(12-6-5-7-22-12)10-24-14(13)17-16(18)23-8-9-25(20,21)4-2/h5-7,10H,3-4,8-9H2,1-2H3. The van der Waals surface area contributed by atoms with Crippen LogP contribution in [0, 0.1) is 0 Å². The number of nitrogens with zero attached hydrogens (tertiary/aromatic N) is 2. The normalized spacial score (nSPS) is 12.1. The van der Waals surface area contributed by atoms with Crippen molar-refractivity contribution in [3.63, 3.8) is 0 Å². The lowest BCUT2D eigenvalue weighted by atomic mass is 10.2. The first kappa shape index (κ1) is 18.6. The second-order valence-corrected chi connectivity index (χ2v) is 10.7. The highest BCUT2D eigenvalue weighted by atomic mass is 32.2. The molecule has 3 heterocycles. The zero-order chi connectivity index (χ0) is 18.0. The van der Waals surface area contributed by atoms with Crippen molar-refractivity contribution < 1.29 is 8.42 Å². The van der Waals surface area contributed by atoms with Gasteiger partial charge in [-0.05, 0) is 18.4 Å². The Hall–Kier alpha value is -1.16. The fourth-order valence-corrected chi connectivity index (χ4v) is 6.57. The number of fused-ring (bicyclic) bond motifs is 1. The van der Waals surface area contributed by atoms with Crippen LogP contribution >= 0.6 is 34.4 Å². The molecule has 0 bridgehead atoms. The van der Waals surface area contributed by atoms with Gasteiger partial charge in [-0.1, -0.05) is 24.8 Å². The molecule has 0 saturated heterocycles. The molecule has 0 aliphatic heterocycles. The summed E-state index contributed by atoms with van der Waals surface area (Å²) in [6.07, 6.45) is 0. The Labute approximate surface area is 158 Å². The van der Waals surface area contributed by atoms with Gasteiger partial charge in [0.25, 0.3) is 5.56 Å². The van der Waals surface area contributed by atoms with E-state index in [-0.39, 0.29) is 17.1 Å².